The molecule has 2 heterocycles. The fourth-order valence-electron chi connectivity index (χ4n) is 4.04. The predicted octanol–water partition coefficient (Wildman–Crippen LogP) is 2.79. The highest BCUT2D eigenvalue weighted by Crippen LogP contribution is 2.35. The maximum atomic E-state index is 10.3. The Hall–Kier alpha value is -2.73. The van der Waals surface area contributed by atoms with E-state index in [1.54, 1.807) is 4.68 Å². The van der Waals surface area contributed by atoms with Crippen LogP contribution in [0, 0.1) is 12.3 Å². The van der Waals surface area contributed by atoms with Crippen molar-refractivity contribution in [1.29, 1.82) is 0 Å². The Balaban J connectivity index is 1.61. The average Bonchev–Trinajstić information content (AvgIpc) is 3.21. The van der Waals surface area contributed by atoms with Gasteiger partial charge in [-0.2, -0.15) is 4.68 Å². The van der Waals surface area contributed by atoms with Gasteiger partial charge in [0.1, 0.15) is 0 Å². The summed E-state index contributed by atoms with van der Waals surface area (Å²) >= 11 is 0. The van der Waals surface area contributed by atoms with Crippen molar-refractivity contribution in [2.24, 2.45) is 5.41 Å². The molecule has 1 N–H and O–H groups in total. The van der Waals surface area contributed by atoms with Crippen LogP contribution in [0.2, 0.25) is 0 Å². The van der Waals surface area contributed by atoms with Gasteiger partial charge in [0.15, 0.2) is 0 Å². The summed E-state index contributed by atoms with van der Waals surface area (Å²) in [6.45, 7) is 3.93. The average molecular weight is 363 g/mol. The van der Waals surface area contributed by atoms with Gasteiger partial charge in [0.2, 0.25) is 5.95 Å². The Morgan fingerprint density at radius 3 is 2.63 bits per heavy atom. The molecule has 0 spiro atoms. The largest absolute Gasteiger partial charge is 0.396 e. The summed E-state index contributed by atoms with van der Waals surface area (Å²) in [5, 5.41) is 22.7. The minimum absolute atomic E-state index is 0.157. The fourth-order valence-corrected chi connectivity index (χ4v) is 4.04. The van der Waals surface area contributed by atoms with Crippen molar-refractivity contribution in [1.82, 2.24) is 20.2 Å². The van der Waals surface area contributed by atoms with E-state index in [-0.39, 0.29) is 12.0 Å². The van der Waals surface area contributed by atoms with Gasteiger partial charge in [-0.15, -0.1) is 0 Å². The molecule has 0 bridgehead atoms. The SMILES string of the molecule is Cc1ccccc1C[C@]1(CO)CCCN(c2nnnn2-c2ccccc2)C1. The van der Waals surface area contributed by atoms with Crippen molar-refractivity contribution >= 4 is 5.95 Å². The topological polar surface area (TPSA) is 67.1 Å². The molecule has 0 aliphatic carbocycles. The second-order valence-electron chi connectivity index (χ2n) is 7.51. The van der Waals surface area contributed by atoms with E-state index in [4.69, 9.17) is 0 Å². The fraction of sp³-hybridized carbons (Fsp3) is 0.381. The maximum Gasteiger partial charge on any atom is 0.250 e. The van der Waals surface area contributed by atoms with Crippen LogP contribution >= 0.6 is 0 Å². The number of aryl methyl sites for hydroxylation is 1. The van der Waals surface area contributed by atoms with E-state index in [1.165, 1.54) is 11.1 Å². The van der Waals surface area contributed by atoms with Crippen LogP contribution in [0.4, 0.5) is 5.95 Å². The van der Waals surface area contributed by atoms with Crippen molar-refractivity contribution in [2.75, 3.05) is 24.6 Å². The number of aliphatic hydroxyl groups excluding tert-OH is 1. The Labute approximate surface area is 159 Å². The van der Waals surface area contributed by atoms with Crippen molar-refractivity contribution in [3.63, 3.8) is 0 Å². The number of hydrogen-bond acceptors (Lipinski definition) is 5. The minimum atomic E-state index is -0.183. The number of piperidine rings is 1. The Morgan fingerprint density at radius 1 is 1.07 bits per heavy atom. The van der Waals surface area contributed by atoms with Gasteiger partial charge >= 0.3 is 0 Å². The van der Waals surface area contributed by atoms with Crippen LogP contribution < -0.4 is 4.90 Å². The van der Waals surface area contributed by atoms with Crippen molar-refractivity contribution in [2.45, 2.75) is 26.2 Å². The lowest BCUT2D eigenvalue weighted by atomic mass is 9.75. The molecular formula is C21H25N5O. The molecule has 3 aromatic rings. The van der Waals surface area contributed by atoms with Crippen LogP contribution in [0.5, 0.6) is 0 Å². The summed E-state index contributed by atoms with van der Waals surface area (Å²) in [5.41, 5.74) is 3.34. The van der Waals surface area contributed by atoms with Crippen LogP contribution in [-0.2, 0) is 6.42 Å². The third-order valence-corrected chi connectivity index (χ3v) is 5.56. The first kappa shape index (κ1) is 17.7. The van der Waals surface area contributed by atoms with E-state index in [0.717, 1.165) is 44.0 Å². The molecule has 0 amide bonds. The molecule has 0 radical (unpaired) electrons. The first-order chi connectivity index (χ1) is 13.2. The van der Waals surface area contributed by atoms with Crippen LogP contribution in [0.25, 0.3) is 5.69 Å². The number of benzene rings is 2. The highest BCUT2D eigenvalue weighted by Gasteiger charge is 2.37. The normalized spacial score (nSPS) is 20.0. The van der Waals surface area contributed by atoms with Gasteiger partial charge in [-0.25, -0.2) is 0 Å². The molecule has 1 aromatic heterocycles. The number of hydrogen-bond donors (Lipinski definition) is 1. The molecule has 2 aromatic carbocycles. The minimum Gasteiger partial charge on any atom is -0.396 e. The summed E-state index contributed by atoms with van der Waals surface area (Å²) in [7, 11) is 0. The number of nitrogens with zero attached hydrogens (tertiary/aromatic N) is 5. The molecule has 1 fully saturated rings. The first-order valence-electron chi connectivity index (χ1n) is 9.45. The molecule has 0 unspecified atom stereocenters. The molecule has 0 saturated carbocycles. The molecule has 1 atom stereocenters. The Bertz CT molecular complexity index is 894. The molecule has 1 aliphatic heterocycles. The highest BCUT2D eigenvalue weighted by atomic mass is 16.3. The van der Waals surface area contributed by atoms with Gasteiger partial charge < -0.3 is 10.0 Å². The summed E-state index contributed by atoms with van der Waals surface area (Å²) in [6, 6.07) is 18.4. The second kappa shape index (κ2) is 7.48. The summed E-state index contributed by atoms with van der Waals surface area (Å²) < 4.78 is 1.78. The molecule has 1 saturated heterocycles. The van der Waals surface area contributed by atoms with Crippen molar-refractivity contribution in [3.05, 3.63) is 65.7 Å². The third kappa shape index (κ3) is 3.57. The molecule has 140 valence electrons. The number of aromatic nitrogens is 4. The zero-order valence-corrected chi connectivity index (χ0v) is 15.6. The molecule has 1 aliphatic rings. The van der Waals surface area contributed by atoms with Crippen LogP contribution in [-0.4, -0.2) is 45.0 Å². The summed E-state index contributed by atoms with van der Waals surface area (Å²) in [5.74, 6) is 0.739. The van der Waals surface area contributed by atoms with E-state index >= 15 is 0 Å². The second-order valence-corrected chi connectivity index (χ2v) is 7.51. The predicted molar refractivity (Wildman–Crippen MR) is 105 cm³/mol. The number of para-hydroxylation sites is 1. The van der Waals surface area contributed by atoms with Gasteiger partial charge in [0.05, 0.1) is 12.3 Å². The van der Waals surface area contributed by atoms with Crippen molar-refractivity contribution < 1.29 is 5.11 Å². The van der Waals surface area contributed by atoms with Gasteiger partial charge in [-0.3, -0.25) is 0 Å². The number of tetrazole rings is 1. The van der Waals surface area contributed by atoms with Crippen molar-refractivity contribution in [3.8, 4) is 5.69 Å². The summed E-state index contributed by atoms with van der Waals surface area (Å²) in [6.07, 6.45) is 2.87. The first-order valence-corrected chi connectivity index (χ1v) is 9.45. The van der Waals surface area contributed by atoms with E-state index < -0.39 is 0 Å². The van der Waals surface area contributed by atoms with E-state index in [1.807, 2.05) is 30.3 Å². The zero-order valence-electron chi connectivity index (χ0n) is 15.6. The van der Waals surface area contributed by atoms with Crippen LogP contribution in [0.15, 0.2) is 54.6 Å². The molecule has 6 nitrogen and oxygen atoms in total. The van der Waals surface area contributed by atoms with Gasteiger partial charge in [-0.05, 0) is 59.9 Å². The molecular weight excluding hydrogens is 338 g/mol. The third-order valence-electron chi connectivity index (χ3n) is 5.56. The lowest BCUT2D eigenvalue weighted by Crippen LogP contribution is -2.47. The van der Waals surface area contributed by atoms with E-state index in [0.29, 0.717) is 0 Å². The van der Waals surface area contributed by atoms with Gasteiger partial charge in [-0.1, -0.05) is 47.6 Å². The van der Waals surface area contributed by atoms with E-state index in [2.05, 4.69) is 51.6 Å². The smallest absolute Gasteiger partial charge is 0.250 e. The molecule has 27 heavy (non-hydrogen) atoms. The van der Waals surface area contributed by atoms with Crippen LogP contribution in [0.3, 0.4) is 0 Å². The highest BCUT2D eigenvalue weighted by molar-refractivity contribution is 5.41. The standard InChI is InChI=1S/C21H25N5O/c1-17-8-5-6-9-18(17)14-21(16-27)12-7-13-25(15-21)20-22-23-24-26(20)19-10-3-2-4-11-19/h2-6,8-11,27H,7,12-16H2,1H3/t21-/m1/s1. The zero-order chi connectivity index (χ0) is 18.7. The molecule has 6 heteroatoms. The monoisotopic (exact) mass is 363 g/mol. The lowest BCUT2D eigenvalue weighted by molar-refractivity contribution is 0.104. The lowest BCUT2D eigenvalue weighted by Gasteiger charge is -2.42. The number of rotatable bonds is 5. The number of anilines is 1. The maximum absolute atomic E-state index is 10.3. The Kier molecular flexibility index (Phi) is 4.90. The number of aliphatic hydroxyl groups is 1. The summed E-state index contributed by atoms with van der Waals surface area (Å²) in [4.78, 5) is 2.21. The quantitative estimate of drug-likeness (QED) is 0.755. The van der Waals surface area contributed by atoms with Crippen LogP contribution in [0.1, 0.15) is 24.0 Å². The Morgan fingerprint density at radius 2 is 1.85 bits per heavy atom. The van der Waals surface area contributed by atoms with E-state index in [9.17, 15) is 5.11 Å². The molecule has 4 rings (SSSR count). The van der Waals surface area contributed by atoms with Gasteiger partial charge in [0.25, 0.3) is 0 Å². The van der Waals surface area contributed by atoms with Gasteiger partial charge in [0, 0.05) is 18.5 Å².